The molecule has 0 spiro atoms. The van der Waals surface area contributed by atoms with Crippen LogP contribution in [0.1, 0.15) is 33.1 Å². The molecule has 0 rings (SSSR count). The second-order valence-electron chi connectivity index (χ2n) is 3.60. The number of rotatable bonds is 6. The smallest absolute Gasteiger partial charge is 0.224 e. The Labute approximate surface area is 86.4 Å². The summed E-state index contributed by atoms with van der Waals surface area (Å²) < 4.78 is 0. The fourth-order valence-electron chi connectivity index (χ4n) is 0.963. The lowest BCUT2D eigenvalue weighted by molar-refractivity contribution is -0.124. The van der Waals surface area contributed by atoms with Gasteiger partial charge in [-0.2, -0.15) is 0 Å². The summed E-state index contributed by atoms with van der Waals surface area (Å²) in [4.78, 5) is 11.4. The van der Waals surface area contributed by atoms with Crippen molar-refractivity contribution in [2.45, 2.75) is 39.2 Å². The molecule has 0 fully saturated rings. The van der Waals surface area contributed by atoms with Crippen LogP contribution in [-0.2, 0) is 4.79 Å². The third-order valence-electron chi connectivity index (χ3n) is 2.25. The Hall–Kier alpha value is -1.01. The highest BCUT2D eigenvalue weighted by atomic mass is 16.1. The molecule has 2 atom stereocenters. The fraction of sp³-hybridized carbons (Fsp3) is 0.727. The third-order valence-corrected chi connectivity index (χ3v) is 2.25. The summed E-state index contributed by atoms with van der Waals surface area (Å²) in [5.74, 6) is 2.47. The first-order valence-electron chi connectivity index (χ1n) is 5.06. The third kappa shape index (κ3) is 5.60. The van der Waals surface area contributed by atoms with Crippen LogP contribution in [0.5, 0.6) is 0 Å². The number of hydrogen-bond acceptors (Lipinski definition) is 2. The van der Waals surface area contributed by atoms with Gasteiger partial charge in [0.1, 0.15) is 0 Å². The maximum absolute atomic E-state index is 11.4. The number of carbonyl (C=O) groups is 1. The van der Waals surface area contributed by atoms with E-state index >= 15 is 0 Å². The number of nitrogens with two attached hydrogens (primary N) is 1. The molecule has 0 saturated carbocycles. The van der Waals surface area contributed by atoms with Gasteiger partial charge in [-0.3, -0.25) is 4.79 Å². The van der Waals surface area contributed by atoms with Crippen molar-refractivity contribution < 1.29 is 4.79 Å². The van der Waals surface area contributed by atoms with E-state index in [4.69, 9.17) is 12.2 Å². The van der Waals surface area contributed by atoms with E-state index in [0.29, 0.717) is 6.54 Å². The fourth-order valence-corrected chi connectivity index (χ4v) is 0.963. The van der Waals surface area contributed by atoms with Crippen LogP contribution in [0, 0.1) is 18.3 Å². The predicted octanol–water partition coefficient (Wildman–Crippen LogP) is 0.889. The van der Waals surface area contributed by atoms with E-state index in [1.165, 1.54) is 0 Å². The molecule has 2 unspecified atom stereocenters. The van der Waals surface area contributed by atoms with Gasteiger partial charge in [0.25, 0.3) is 0 Å². The molecule has 80 valence electrons. The zero-order chi connectivity index (χ0) is 11.0. The minimum atomic E-state index is -0.123. The van der Waals surface area contributed by atoms with Gasteiger partial charge < -0.3 is 11.1 Å². The largest absolute Gasteiger partial charge is 0.356 e. The monoisotopic (exact) mass is 196 g/mol. The minimum Gasteiger partial charge on any atom is -0.356 e. The Bertz CT molecular complexity index is 206. The highest BCUT2D eigenvalue weighted by Crippen LogP contribution is 1.99. The Morgan fingerprint density at radius 1 is 1.50 bits per heavy atom. The van der Waals surface area contributed by atoms with E-state index in [0.717, 1.165) is 19.3 Å². The highest BCUT2D eigenvalue weighted by molar-refractivity contribution is 5.78. The average Bonchev–Trinajstić information content (AvgIpc) is 2.16. The van der Waals surface area contributed by atoms with Crippen molar-refractivity contribution in [1.29, 1.82) is 0 Å². The molecule has 3 N–H and O–H groups in total. The first-order valence-corrected chi connectivity index (χ1v) is 5.06. The summed E-state index contributed by atoms with van der Waals surface area (Å²) in [6.45, 7) is 4.36. The number of unbranched alkanes of at least 4 members (excludes halogenated alkanes) is 2. The van der Waals surface area contributed by atoms with Crippen molar-refractivity contribution in [3.63, 3.8) is 0 Å². The van der Waals surface area contributed by atoms with Gasteiger partial charge in [-0.25, -0.2) is 0 Å². The maximum atomic E-state index is 11.4. The molecule has 1 amide bonds. The number of hydrogen-bond donors (Lipinski definition) is 2. The van der Waals surface area contributed by atoms with Gasteiger partial charge in [-0.15, -0.1) is 12.3 Å². The standard InChI is InChI=1S/C11H20N2O/c1-4-5-6-7-8-13-11(14)9(2)10(3)12/h1,9-10H,5-8,12H2,2-3H3,(H,13,14). The highest BCUT2D eigenvalue weighted by Gasteiger charge is 2.15. The van der Waals surface area contributed by atoms with Crippen molar-refractivity contribution in [2.75, 3.05) is 6.54 Å². The number of carbonyl (C=O) groups excluding carboxylic acids is 1. The van der Waals surface area contributed by atoms with Crippen LogP contribution < -0.4 is 11.1 Å². The van der Waals surface area contributed by atoms with Gasteiger partial charge in [0.15, 0.2) is 0 Å². The molecular weight excluding hydrogens is 176 g/mol. The average molecular weight is 196 g/mol. The Kier molecular flexibility index (Phi) is 6.87. The van der Waals surface area contributed by atoms with Crippen molar-refractivity contribution in [3.05, 3.63) is 0 Å². The molecule has 0 aliphatic heterocycles. The van der Waals surface area contributed by atoms with Crippen molar-refractivity contribution >= 4 is 5.91 Å². The van der Waals surface area contributed by atoms with Crippen LogP contribution in [0.25, 0.3) is 0 Å². The van der Waals surface area contributed by atoms with Gasteiger partial charge in [-0.1, -0.05) is 6.92 Å². The molecule has 0 aliphatic rings. The van der Waals surface area contributed by atoms with E-state index in [1.807, 2.05) is 13.8 Å². The molecule has 0 aliphatic carbocycles. The van der Waals surface area contributed by atoms with E-state index in [9.17, 15) is 4.79 Å². The summed E-state index contributed by atoms with van der Waals surface area (Å²) in [6.07, 6.45) is 7.77. The van der Waals surface area contributed by atoms with Gasteiger partial charge in [-0.05, 0) is 19.8 Å². The van der Waals surface area contributed by atoms with Gasteiger partial charge in [0.2, 0.25) is 5.91 Å². The van der Waals surface area contributed by atoms with Gasteiger partial charge in [0.05, 0.1) is 0 Å². The topological polar surface area (TPSA) is 55.1 Å². The minimum absolute atomic E-state index is 0.0284. The van der Waals surface area contributed by atoms with Crippen molar-refractivity contribution in [3.8, 4) is 12.3 Å². The molecular formula is C11H20N2O. The van der Waals surface area contributed by atoms with Gasteiger partial charge >= 0.3 is 0 Å². The molecule has 0 radical (unpaired) electrons. The molecule has 0 aromatic rings. The Morgan fingerprint density at radius 3 is 2.64 bits per heavy atom. The summed E-state index contributed by atoms with van der Waals surface area (Å²) in [6, 6.07) is -0.0966. The SMILES string of the molecule is C#CCCCCNC(=O)C(C)C(C)N. The van der Waals surface area contributed by atoms with E-state index in [2.05, 4.69) is 11.2 Å². The Morgan fingerprint density at radius 2 is 2.14 bits per heavy atom. The molecule has 14 heavy (non-hydrogen) atoms. The van der Waals surface area contributed by atoms with Crippen LogP contribution in [0.2, 0.25) is 0 Å². The Balaban J connectivity index is 3.50. The second-order valence-corrected chi connectivity index (χ2v) is 3.60. The molecule has 0 aromatic heterocycles. The van der Waals surface area contributed by atoms with E-state index in [-0.39, 0.29) is 17.9 Å². The lowest BCUT2D eigenvalue weighted by atomic mass is 10.0. The summed E-state index contributed by atoms with van der Waals surface area (Å²) >= 11 is 0. The van der Waals surface area contributed by atoms with Crippen LogP contribution in [0.15, 0.2) is 0 Å². The van der Waals surface area contributed by atoms with E-state index < -0.39 is 0 Å². The molecule has 0 saturated heterocycles. The normalized spacial score (nSPS) is 14.1. The summed E-state index contributed by atoms with van der Waals surface area (Å²) in [5, 5.41) is 2.84. The molecule has 0 heterocycles. The molecule has 3 heteroatoms. The van der Waals surface area contributed by atoms with Crippen LogP contribution in [0.3, 0.4) is 0 Å². The number of nitrogens with one attached hydrogen (secondary N) is 1. The van der Waals surface area contributed by atoms with E-state index in [1.54, 1.807) is 0 Å². The van der Waals surface area contributed by atoms with Crippen LogP contribution in [0.4, 0.5) is 0 Å². The summed E-state index contributed by atoms with van der Waals surface area (Å²) in [5.41, 5.74) is 5.60. The second kappa shape index (κ2) is 7.40. The maximum Gasteiger partial charge on any atom is 0.224 e. The quantitative estimate of drug-likeness (QED) is 0.489. The number of amides is 1. The van der Waals surface area contributed by atoms with Crippen LogP contribution in [-0.4, -0.2) is 18.5 Å². The van der Waals surface area contributed by atoms with Crippen molar-refractivity contribution in [2.24, 2.45) is 11.7 Å². The zero-order valence-electron chi connectivity index (χ0n) is 9.05. The predicted molar refractivity (Wildman–Crippen MR) is 58.5 cm³/mol. The number of terminal acetylenes is 1. The lowest BCUT2D eigenvalue weighted by Gasteiger charge is -2.14. The zero-order valence-corrected chi connectivity index (χ0v) is 9.05. The molecule has 0 bridgehead atoms. The first-order chi connectivity index (χ1) is 6.59. The van der Waals surface area contributed by atoms with Gasteiger partial charge in [0, 0.05) is 24.9 Å². The van der Waals surface area contributed by atoms with Crippen LogP contribution >= 0.6 is 0 Å². The summed E-state index contributed by atoms with van der Waals surface area (Å²) in [7, 11) is 0. The van der Waals surface area contributed by atoms with Crippen molar-refractivity contribution in [1.82, 2.24) is 5.32 Å². The lowest BCUT2D eigenvalue weighted by Crippen LogP contribution is -2.38. The first kappa shape index (κ1) is 13.0. The molecule has 3 nitrogen and oxygen atoms in total. The molecule has 0 aromatic carbocycles.